The maximum atomic E-state index is 13.6. The van der Waals surface area contributed by atoms with E-state index in [9.17, 15) is 14.5 Å². The number of nitrogens with two attached hydrogens (primary N) is 1. The van der Waals surface area contributed by atoms with Gasteiger partial charge in [0.2, 0.25) is 0 Å². The van der Waals surface area contributed by atoms with Gasteiger partial charge in [-0.25, -0.2) is 4.39 Å². The summed E-state index contributed by atoms with van der Waals surface area (Å²) in [6.45, 7) is 0. The highest BCUT2D eigenvalue weighted by molar-refractivity contribution is 14.1. The van der Waals surface area contributed by atoms with Crippen LogP contribution in [-0.4, -0.2) is 10.1 Å². The fraction of sp³-hybridized carbons (Fsp3) is 0. The normalized spacial score (nSPS) is 10.5. The van der Waals surface area contributed by atoms with Gasteiger partial charge in [-0.1, -0.05) is 5.16 Å². The van der Waals surface area contributed by atoms with Crippen LogP contribution < -0.4 is 5.73 Å². The molecule has 0 aliphatic carbocycles. The molecule has 2 rings (SSSR count). The Hall–Kier alpha value is -1.71. The Morgan fingerprint density at radius 3 is 2.71 bits per heavy atom. The topological polar surface area (TPSA) is 95.2 Å². The van der Waals surface area contributed by atoms with E-state index in [0.717, 1.165) is 6.07 Å². The fourth-order valence-corrected chi connectivity index (χ4v) is 1.75. The van der Waals surface area contributed by atoms with Gasteiger partial charge in [0.05, 0.1) is 16.6 Å². The Kier molecular flexibility index (Phi) is 2.96. The van der Waals surface area contributed by atoms with E-state index in [4.69, 9.17) is 10.3 Å². The molecule has 8 heteroatoms. The third-order valence-corrected chi connectivity index (χ3v) is 3.11. The molecule has 0 saturated carbocycles. The summed E-state index contributed by atoms with van der Waals surface area (Å²) in [6.07, 6.45) is 0. The molecule has 2 aromatic rings. The van der Waals surface area contributed by atoms with Crippen molar-refractivity contribution in [3.05, 3.63) is 37.7 Å². The Labute approximate surface area is 108 Å². The molecule has 1 heterocycles. The van der Waals surface area contributed by atoms with Crippen molar-refractivity contribution in [2.24, 2.45) is 0 Å². The van der Waals surface area contributed by atoms with Crippen molar-refractivity contribution in [1.29, 1.82) is 0 Å². The summed E-state index contributed by atoms with van der Waals surface area (Å²) in [6, 6.07) is 3.27. The first kappa shape index (κ1) is 11.8. The van der Waals surface area contributed by atoms with Gasteiger partial charge in [0, 0.05) is 6.07 Å². The second-order valence-corrected chi connectivity index (χ2v) is 4.21. The number of non-ortho nitro benzene ring substituents is 1. The molecule has 1 aromatic carbocycles. The quantitative estimate of drug-likeness (QED) is 0.511. The van der Waals surface area contributed by atoms with Crippen molar-refractivity contribution in [3.8, 4) is 11.3 Å². The first-order valence-corrected chi connectivity index (χ1v) is 5.43. The van der Waals surface area contributed by atoms with Crippen LogP contribution in [0.15, 0.2) is 22.7 Å². The number of nitro groups is 1. The van der Waals surface area contributed by atoms with Crippen LogP contribution in [0.2, 0.25) is 0 Å². The maximum absolute atomic E-state index is 13.6. The number of halogens is 2. The van der Waals surface area contributed by atoms with E-state index in [1.54, 1.807) is 0 Å². The van der Waals surface area contributed by atoms with E-state index in [2.05, 4.69) is 5.16 Å². The van der Waals surface area contributed by atoms with Gasteiger partial charge in [-0.2, -0.15) is 0 Å². The fourth-order valence-electron chi connectivity index (χ4n) is 1.26. The van der Waals surface area contributed by atoms with Crippen LogP contribution in [0.3, 0.4) is 0 Å². The highest BCUT2D eigenvalue weighted by Gasteiger charge is 2.19. The first-order valence-electron chi connectivity index (χ1n) is 4.35. The van der Waals surface area contributed by atoms with E-state index in [-0.39, 0.29) is 22.8 Å². The number of hydrogen-bond donors (Lipinski definition) is 1. The van der Waals surface area contributed by atoms with Gasteiger partial charge in [0.1, 0.15) is 9.39 Å². The van der Waals surface area contributed by atoms with Gasteiger partial charge in [0.25, 0.3) is 5.69 Å². The minimum absolute atomic E-state index is 0.0872. The average Bonchev–Trinajstić information content (AvgIpc) is 2.60. The number of nitro benzene ring substituents is 1. The van der Waals surface area contributed by atoms with E-state index in [1.807, 2.05) is 22.6 Å². The molecule has 0 aliphatic heterocycles. The largest absolute Gasteiger partial charge is 0.380 e. The lowest BCUT2D eigenvalue weighted by molar-refractivity contribution is -0.385. The number of rotatable bonds is 2. The molecule has 0 saturated heterocycles. The molecule has 0 spiro atoms. The van der Waals surface area contributed by atoms with Crippen molar-refractivity contribution in [2.45, 2.75) is 0 Å². The monoisotopic (exact) mass is 349 g/mol. The molecular weight excluding hydrogens is 344 g/mol. The van der Waals surface area contributed by atoms with Crippen LogP contribution in [0, 0.1) is 19.5 Å². The average molecular weight is 349 g/mol. The molecule has 0 amide bonds. The minimum atomic E-state index is -0.756. The number of nitrogens with zero attached hydrogens (tertiary/aromatic N) is 2. The van der Waals surface area contributed by atoms with Crippen LogP contribution in [0.4, 0.5) is 15.9 Å². The molecule has 0 bridgehead atoms. The Morgan fingerprint density at radius 2 is 2.24 bits per heavy atom. The molecule has 6 nitrogen and oxygen atoms in total. The smallest absolute Gasteiger partial charge is 0.272 e. The van der Waals surface area contributed by atoms with Crippen molar-refractivity contribution in [3.63, 3.8) is 0 Å². The number of hydrogen-bond acceptors (Lipinski definition) is 5. The van der Waals surface area contributed by atoms with Gasteiger partial charge in [-0.15, -0.1) is 0 Å². The van der Waals surface area contributed by atoms with Crippen LogP contribution in [0.1, 0.15) is 0 Å². The van der Waals surface area contributed by atoms with E-state index >= 15 is 0 Å². The zero-order valence-corrected chi connectivity index (χ0v) is 10.3. The molecule has 0 radical (unpaired) electrons. The third kappa shape index (κ3) is 2.07. The molecule has 88 valence electrons. The van der Waals surface area contributed by atoms with Crippen LogP contribution in [-0.2, 0) is 0 Å². The van der Waals surface area contributed by atoms with Gasteiger partial charge in [0.15, 0.2) is 11.6 Å². The summed E-state index contributed by atoms with van der Waals surface area (Å²) in [5.41, 5.74) is 5.23. The molecule has 0 aliphatic rings. The minimum Gasteiger partial charge on any atom is -0.380 e. The summed E-state index contributed by atoms with van der Waals surface area (Å²) in [5, 5.41) is 13.9. The lowest BCUT2D eigenvalue weighted by atomic mass is 10.1. The van der Waals surface area contributed by atoms with Crippen molar-refractivity contribution >= 4 is 34.1 Å². The maximum Gasteiger partial charge on any atom is 0.272 e. The predicted molar refractivity (Wildman–Crippen MR) is 65.7 cm³/mol. The molecule has 0 atom stereocenters. The Balaban J connectivity index is 2.54. The number of nitrogen functional groups attached to an aromatic ring is 1. The summed E-state index contributed by atoms with van der Waals surface area (Å²) >= 11 is 1.86. The number of benzene rings is 1. The van der Waals surface area contributed by atoms with Gasteiger partial charge < -0.3 is 10.3 Å². The molecule has 0 fully saturated rings. The van der Waals surface area contributed by atoms with Crippen LogP contribution in [0.25, 0.3) is 11.3 Å². The predicted octanol–water partition coefficient (Wildman–Crippen LogP) is 2.58. The van der Waals surface area contributed by atoms with Crippen LogP contribution in [0.5, 0.6) is 0 Å². The van der Waals surface area contributed by atoms with E-state index in [0.29, 0.717) is 3.57 Å². The summed E-state index contributed by atoms with van der Waals surface area (Å²) in [5.74, 6) is -0.442. The Morgan fingerprint density at radius 1 is 1.53 bits per heavy atom. The first-order chi connectivity index (χ1) is 8.00. The summed E-state index contributed by atoms with van der Waals surface area (Å²) in [7, 11) is 0. The summed E-state index contributed by atoms with van der Waals surface area (Å²) < 4.78 is 19.0. The van der Waals surface area contributed by atoms with E-state index < -0.39 is 10.7 Å². The SMILES string of the molecule is Nc1noc(-c2ccc([N+](=O)[O-])cc2F)c1I. The number of aromatic nitrogens is 1. The Bertz CT molecular complexity index is 599. The van der Waals surface area contributed by atoms with Gasteiger partial charge in [-0.3, -0.25) is 10.1 Å². The zero-order valence-electron chi connectivity index (χ0n) is 8.18. The third-order valence-electron chi connectivity index (χ3n) is 2.07. The molecule has 1 aromatic heterocycles. The zero-order chi connectivity index (χ0) is 12.6. The molecule has 17 heavy (non-hydrogen) atoms. The highest BCUT2D eigenvalue weighted by atomic mass is 127. The lowest BCUT2D eigenvalue weighted by Gasteiger charge is -1.99. The van der Waals surface area contributed by atoms with E-state index in [1.165, 1.54) is 12.1 Å². The molecular formula is C9H5FIN3O3. The van der Waals surface area contributed by atoms with Crippen LogP contribution >= 0.6 is 22.6 Å². The highest BCUT2D eigenvalue weighted by Crippen LogP contribution is 2.32. The number of anilines is 1. The standard InChI is InChI=1S/C9H5FIN3O3/c10-6-3-4(14(15)16)1-2-5(6)8-7(11)9(12)13-17-8/h1-3H,(H2,12,13). The second kappa shape index (κ2) is 4.28. The van der Waals surface area contributed by atoms with Crippen molar-refractivity contribution in [1.82, 2.24) is 5.16 Å². The molecule has 2 N–H and O–H groups in total. The summed E-state index contributed by atoms with van der Waals surface area (Å²) in [4.78, 5) is 9.78. The molecule has 0 unspecified atom stereocenters. The second-order valence-electron chi connectivity index (χ2n) is 3.13. The van der Waals surface area contributed by atoms with Crippen molar-refractivity contribution < 1.29 is 13.8 Å². The lowest BCUT2D eigenvalue weighted by Crippen LogP contribution is -1.92. The van der Waals surface area contributed by atoms with Crippen molar-refractivity contribution in [2.75, 3.05) is 5.73 Å². The van der Waals surface area contributed by atoms with Gasteiger partial charge in [-0.05, 0) is 28.7 Å². The van der Waals surface area contributed by atoms with Gasteiger partial charge >= 0.3 is 0 Å².